The highest BCUT2D eigenvalue weighted by atomic mass is 32.2. The molecule has 112 valence electrons. The van der Waals surface area contributed by atoms with Gasteiger partial charge in [0, 0.05) is 22.3 Å². The van der Waals surface area contributed by atoms with Crippen LogP contribution in [0.3, 0.4) is 0 Å². The third-order valence-electron chi connectivity index (χ3n) is 4.12. The lowest BCUT2D eigenvalue weighted by molar-refractivity contribution is 0.173. The number of rotatable bonds is 0. The molecule has 3 aliphatic rings. The van der Waals surface area contributed by atoms with E-state index in [0.717, 1.165) is 45.3 Å². The molecule has 0 saturated heterocycles. The minimum atomic E-state index is -0.966. The standard InChI is InChI=1S/C16H12O5S/c17-22-5-9-1-13-15(20-7-18-13)3-11(9)12-4-16-14(19-8-21-16)2-10(12)6-22/h1-4H,5-8H2. The van der Waals surface area contributed by atoms with E-state index >= 15 is 0 Å². The average Bonchev–Trinajstić information content (AvgIpc) is 3.10. The van der Waals surface area contributed by atoms with E-state index in [1.807, 2.05) is 24.3 Å². The van der Waals surface area contributed by atoms with E-state index in [9.17, 15) is 4.21 Å². The molecule has 0 aromatic heterocycles. The van der Waals surface area contributed by atoms with Crippen molar-refractivity contribution in [3.63, 3.8) is 0 Å². The molecule has 0 bridgehead atoms. The first kappa shape index (κ1) is 12.3. The van der Waals surface area contributed by atoms with Gasteiger partial charge in [-0.3, -0.25) is 4.21 Å². The van der Waals surface area contributed by atoms with Gasteiger partial charge in [-0.25, -0.2) is 0 Å². The van der Waals surface area contributed by atoms with Crippen LogP contribution in [0, 0.1) is 0 Å². The number of hydrogen-bond acceptors (Lipinski definition) is 5. The monoisotopic (exact) mass is 316 g/mol. The van der Waals surface area contributed by atoms with Gasteiger partial charge in [-0.15, -0.1) is 0 Å². The topological polar surface area (TPSA) is 54.0 Å². The van der Waals surface area contributed by atoms with Crippen molar-refractivity contribution in [3.8, 4) is 34.1 Å². The first-order valence-electron chi connectivity index (χ1n) is 6.98. The van der Waals surface area contributed by atoms with E-state index < -0.39 is 10.8 Å². The maximum absolute atomic E-state index is 12.4. The lowest BCUT2D eigenvalue weighted by Crippen LogP contribution is -1.97. The lowest BCUT2D eigenvalue weighted by atomic mass is 9.95. The Bertz CT molecular complexity index is 762. The Morgan fingerprint density at radius 2 is 1.09 bits per heavy atom. The van der Waals surface area contributed by atoms with E-state index in [4.69, 9.17) is 18.9 Å². The molecule has 0 atom stereocenters. The largest absolute Gasteiger partial charge is 0.454 e. The van der Waals surface area contributed by atoms with Gasteiger partial charge in [0.15, 0.2) is 23.0 Å². The first-order valence-corrected chi connectivity index (χ1v) is 8.47. The molecule has 0 unspecified atom stereocenters. The summed E-state index contributed by atoms with van der Waals surface area (Å²) < 4.78 is 34.2. The summed E-state index contributed by atoms with van der Waals surface area (Å²) in [5.41, 5.74) is 4.09. The Morgan fingerprint density at radius 1 is 0.682 bits per heavy atom. The minimum absolute atomic E-state index is 0.231. The van der Waals surface area contributed by atoms with E-state index in [1.165, 1.54) is 0 Å². The van der Waals surface area contributed by atoms with Crippen LogP contribution >= 0.6 is 0 Å². The summed E-state index contributed by atoms with van der Waals surface area (Å²) in [7, 11) is -0.966. The van der Waals surface area contributed by atoms with Crippen LogP contribution in [-0.2, 0) is 22.3 Å². The minimum Gasteiger partial charge on any atom is -0.454 e. The highest BCUT2D eigenvalue weighted by molar-refractivity contribution is 7.83. The summed E-state index contributed by atoms with van der Waals surface area (Å²) in [6, 6.07) is 7.83. The zero-order valence-corrected chi connectivity index (χ0v) is 12.4. The molecular formula is C16H12O5S. The van der Waals surface area contributed by atoms with Gasteiger partial charge in [-0.2, -0.15) is 0 Å². The average molecular weight is 316 g/mol. The predicted octanol–water partition coefficient (Wildman–Crippen LogP) is 2.57. The summed E-state index contributed by atoms with van der Waals surface area (Å²) in [5, 5.41) is 0. The maximum Gasteiger partial charge on any atom is 0.231 e. The normalized spacial score (nSPS) is 17.8. The van der Waals surface area contributed by atoms with Crippen LogP contribution in [0.4, 0.5) is 0 Å². The molecule has 6 heteroatoms. The van der Waals surface area contributed by atoms with Crippen molar-refractivity contribution in [1.82, 2.24) is 0 Å². The lowest BCUT2D eigenvalue weighted by Gasteiger charge is -2.11. The molecule has 0 radical (unpaired) electrons. The molecule has 5 nitrogen and oxygen atoms in total. The zero-order chi connectivity index (χ0) is 14.7. The smallest absolute Gasteiger partial charge is 0.231 e. The van der Waals surface area contributed by atoms with E-state index in [0.29, 0.717) is 11.5 Å². The van der Waals surface area contributed by atoms with Crippen LogP contribution in [0.5, 0.6) is 23.0 Å². The van der Waals surface area contributed by atoms with Crippen molar-refractivity contribution in [2.45, 2.75) is 11.5 Å². The molecule has 0 amide bonds. The third kappa shape index (κ3) is 1.73. The molecule has 0 aliphatic carbocycles. The van der Waals surface area contributed by atoms with Crippen LogP contribution in [-0.4, -0.2) is 17.8 Å². The van der Waals surface area contributed by atoms with Gasteiger partial charge in [-0.1, -0.05) is 0 Å². The summed E-state index contributed by atoms with van der Waals surface area (Å²) in [6.45, 7) is 0.463. The number of ether oxygens (including phenoxy) is 4. The molecule has 0 N–H and O–H groups in total. The van der Waals surface area contributed by atoms with Crippen LogP contribution in [0.15, 0.2) is 24.3 Å². The summed E-state index contributed by atoms with van der Waals surface area (Å²) in [6.07, 6.45) is 0. The highest BCUT2D eigenvalue weighted by Crippen LogP contribution is 2.45. The second-order valence-electron chi connectivity index (χ2n) is 5.45. The number of hydrogen-bond donors (Lipinski definition) is 0. The Labute approximate surface area is 129 Å². The Balaban J connectivity index is 1.78. The van der Waals surface area contributed by atoms with Crippen LogP contribution in [0.2, 0.25) is 0 Å². The van der Waals surface area contributed by atoms with Gasteiger partial charge in [0.2, 0.25) is 13.6 Å². The van der Waals surface area contributed by atoms with Crippen molar-refractivity contribution >= 4 is 10.8 Å². The fourth-order valence-corrected chi connectivity index (χ4v) is 4.38. The van der Waals surface area contributed by atoms with Crippen molar-refractivity contribution < 1.29 is 23.2 Å². The number of fused-ring (bicyclic) bond motifs is 5. The molecule has 2 aromatic carbocycles. The molecule has 3 heterocycles. The van der Waals surface area contributed by atoms with Crippen molar-refractivity contribution in [2.24, 2.45) is 0 Å². The van der Waals surface area contributed by atoms with Crippen LogP contribution < -0.4 is 18.9 Å². The van der Waals surface area contributed by atoms with Gasteiger partial charge in [-0.05, 0) is 46.5 Å². The fourth-order valence-electron chi connectivity index (χ4n) is 3.11. The molecule has 0 fully saturated rings. The van der Waals surface area contributed by atoms with E-state index in [1.54, 1.807) is 0 Å². The van der Waals surface area contributed by atoms with Crippen LogP contribution in [0.1, 0.15) is 11.1 Å². The summed E-state index contributed by atoms with van der Waals surface area (Å²) in [4.78, 5) is 0. The Kier molecular flexibility index (Phi) is 2.47. The van der Waals surface area contributed by atoms with Crippen molar-refractivity contribution in [1.29, 1.82) is 0 Å². The SMILES string of the molecule is O=S1Cc2cc3c(cc2-c2cc4c(cc2C1)OCO4)OCO3. The zero-order valence-electron chi connectivity index (χ0n) is 11.6. The van der Waals surface area contributed by atoms with E-state index in [-0.39, 0.29) is 13.6 Å². The highest BCUT2D eigenvalue weighted by Gasteiger charge is 2.26. The Hall–Kier alpha value is -2.21. The van der Waals surface area contributed by atoms with Gasteiger partial charge in [0.05, 0.1) is 0 Å². The van der Waals surface area contributed by atoms with Gasteiger partial charge in [0.25, 0.3) is 0 Å². The molecular weight excluding hydrogens is 304 g/mol. The Morgan fingerprint density at radius 3 is 1.55 bits per heavy atom. The molecule has 0 spiro atoms. The summed E-state index contributed by atoms with van der Waals surface area (Å²) in [5.74, 6) is 3.92. The molecule has 3 aliphatic heterocycles. The second kappa shape index (κ2) is 4.39. The van der Waals surface area contributed by atoms with Gasteiger partial charge >= 0.3 is 0 Å². The second-order valence-corrected chi connectivity index (χ2v) is 6.91. The maximum atomic E-state index is 12.4. The van der Waals surface area contributed by atoms with Crippen molar-refractivity contribution in [3.05, 3.63) is 35.4 Å². The fraction of sp³-hybridized carbons (Fsp3) is 0.250. The van der Waals surface area contributed by atoms with Gasteiger partial charge in [0.1, 0.15) is 0 Å². The first-order chi connectivity index (χ1) is 10.8. The van der Waals surface area contributed by atoms with Crippen molar-refractivity contribution in [2.75, 3.05) is 13.6 Å². The number of benzene rings is 2. The van der Waals surface area contributed by atoms with E-state index in [2.05, 4.69) is 0 Å². The van der Waals surface area contributed by atoms with Gasteiger partial charge < -0.3 is 18.9 Å². The molecule has 0 saturated carbocycles. The molecule has 2 aromatic rings. The van der Waals surface area contributed by atoms with Crippen LogP contribution in [0.25, 0.3) is 11.1 Å². The molecule has 5 rings (SSSR count). The third-order valence-corrected chi connectivity index (χ3v) is 5.39. The summed E-state index contributed by atoms with van der Waals surface area (Å²) >= 11 is 0. The predicted molar refractivity (Wildman–Crippen MR) is 79.7 cm³/mol. The quantitative estimate of drug-likeness (QED) is 0.748. The molecule has 22 heavy (non-hydrogen) atoms.